The fourth-order valence-electron chi connectivity index (χ4n) is 0.893. The summed E-state index contributed by atoms with van der Waals surface area (Å²) in [5, 5.41) is 0.435. The molecule has 0 aromatic carbocycles. The van der Waals surface area contributed by atoms with Crippen LogP contribution in [-0.4, -0.2) is 9.97 Å². The fraction of sp³-hybridized carbons (Fsp3) is 0. The molecule has 0 amide bonds. The van der Waals surface area contributed by atoms with E-state index in [1.165, 1.54) is 0 Å². The lowest BCUT2D eigenvalue weighted by Crippen LogP contribution is -1.93. The summed E-state index contributed by atoms with van der Waals surface area (Å²) in [7, 11) is 0. The third-order valence-corrected chi connectivity index (χ3v) is 1.74. The summed E-state index contributed by atoms with van der Waals surface area (Å²) in [5.74, 6) is 1.38. The second-order valence-corrected chi connectivity index (χ2v) is 3.26. The molecule has 2 aromatic heterocycles. The molecule has 0 bridgehead atoms. The molecule has 6 heteroatoms. The molecule has 6 N–H and O–H groups in total. The smallest absolute Gasteiger partial charge is 0.131 e. The molecule has 0 aliphatic heterocycles. The summed E-state index contributed by atoms with van der Waals surface area (Å²) < 4.78 is 0. The lowest BCUT2D eigenvalue weighted by molar-refractivity contribution is 1.34. The maximum Gasteiger partial charge on any atom is 0.131 e. The molecule has 0 atom stereocenters. The maximum atomic E-state index is 5.45. The van der Waals surface area contributed by atoms with Crippen LogP contribution in [0.5, 0.6) is 0 Å². The summed E-state index contributed by atoms with van der Waals surface area (Å²) in [4.78, 5) is 7.45. The molecule has 0 fully saturated rings. The Morgan fingerprint density at radius 3 is 1.44 bits per heavy atom. The third-order valence-electron chi connectivity index (χ3n) is 1.53. The van der Waals surface area contributed by atoms with Crippen molar-refractivity contribution in [2.24, 2.45) is 0 Å². The van der Waals surface area contributed by atoms with E-state index in [2.05, 4.69) is 9.97 Å². The number of rotatable bonds is 0. The van der Waals surface area contributed by atoms with Crippen LogP contribution in [0.3, 0.4) is 0 Å². The van der Waals surface area contributed by atoms with Gasteiger partial charge in [0.2, 0.25) is 0 Å². The summed E-state index contributed by atoms with van der Waals surface area (Å²) in [6, 6.07) is 10.3. The van der Waals surface area contributed by atoms with E-state index >= 15 is 0 Å². The average Bonchev–Trinajstić information content (AvgIpc) is 2.17. The minimum Gasteiger partial charge on any atom is -0.384 e. The molecule has 0 unspecified atom stereocenters. The highest BCUT2D eigenvalue weighted by Gasteiger charge is 1.85. The van der Waals surface area contributed by atoms with Crippen LogP contribution in [0.25, 0.3) is 0 Å². The van der Waals surface area contributed by atoms with Crippen LogP contribution < -0.4 is 17.2 Å². The Hall–Kier alpha value is -2.01. The summed E-state index contributed by atoms with van der Waals surface area (Å²) in [5.41, 5.74) is 15.8. The highest BCUT2D eigenvalue weighted by atomic mass is 35.5. The number of nitrogens with two attached hydrogens (primary N) is 3. The van der Waals surface area contributed by atoms with Crippen LogP contribution in [0.15, 0.2) is 36.4 Å². The first-order valence-corrected chi connectivity index (χ1v) is 4.82. The van der Waals surface area contributed by atoms with Gasteiger partial charge in [-0.15, -0.1) is 0 Å². The fourth-order valence-corrected chi connectivity index (χ4v) is 1.06. The Balaban J connectivity index is 0.000000160. The summed E-state index contributed by atoms with van der Waals surface area (Å²) >= 11 is 5.45. The highest BCUT2D eigenvalue weighted by molar-refractivity contribution is 6.29. The summed E-state index contributed by atoms with van der Waals surface area (Å²) in [6.07, 6.45) is 0. The van der Waals surface area contributed by atoms with Gasteiger partial charge in [0.05, 0.1) is 0 Å². The van der Waals surface area contributed by atoms with E-state index in [0.29, 0.717) is 22.6 Å². The molecule has 5 nitrogen and oxygen atoms in total. The zero-order chi connectivity index (χ0) is 12.0. The van der Waals surface area contributed by atoms with Gasteiger partial charge < -0.3 is 17.2 Å². The van der Waals surface area contributed by atoms with Crippen LogP contribution in [0.2, 0.25) is 5.15 Å². The molecule has 0 saturated carbocycles. The van der Waals surface area contributed by atoms with E-state index in [9.17, 15) is 0 Å². The van der Waals surface area contributed by atoms with Crippen molar-refractivity contribution < 1.29 is 0 Å². The van der Waals surface area contributed by atoms with E-state index < -0.39 is 0 Å². The Kier molecular flexibility index (Phi) is 4.35. The molecule has 16 heavy (non-hydrogen) atoms. The monoisotopic (exact) mass is 237 g/mol. The molecule has 0 aliphatic carbocycles. The molecule has 0 aliphatic rings. The lowest BCUT2D eigenvalue weighted by Gasteiger charge is -1.90. The van der Waals surface area contributed by atoms with E-state index in [-0.39, 0.29) is 0 Å². The first-order chi connectivity index (χ1) is 7.58. The first-order valence-electron chi connectivity index (χ1n) is 4.44. The van der Waals surface area contributed by atoms with Crippen LogP contribution >= 0.6 is 11.6 Å². The predicted molar refractivity (Wildman–Crippen MR) is 66.7 cm³/mol. The molecular weight excluding hydrogens is 226 g/mol. The average molecular weight is 238 g/mol. The second kappa shape index (κ2) is 5.77. The molecule has 0 spiro atoms. The number of anilines is 3. The number of pyridine rings is 2. The van der Waals surface area contributed by atoms with Crippen molar-refractivity contribution in [3.63, 3.8) is 0 Å². The lowest BCUT2D eigenvalue weighted by atomic mass is 10.4. The van der Waals surface area contributed by atoms with Gasteiger partial charge in [-0.25, -0.2) is 9.97 Å². The van der Waals surface area contributed by atoms with Crippen LogP contribution in [0.1, 0.15) is 0 Å². The topological polar surface area (TPSA) is 104 Å². The van der Waals surface area contributed by atoms with E-state index in [4.69, 9.17) is 28.8 Å². The highest BCUT2D eigenvalue weighted by Crippen LogP contribution is 2.04. The second-order valence-electron chi connectivity index (χ2n) is 2.87. The van der Waals surface area contributed by atoms with E-state index in [0.717, 1.165) is 0 Å². The van der Waals surface area contributed by atoms with Gasteiger partial charge in [-0.3, -0.25) is 0 Å². The quantitative estimate of drug-likeness (QED) is 0.604. The molecule has 0 radical (unpaired) electrons. The van der Waals surface area contributed by atoms with Gasteiger partial charge in [-0.2, -0.15) is 0 Å². The summed E-state index contributed by atoms with van der Waals surface area (Å²) in [6.45, 7) is 0. The van der Waals surface area contributed by atoms with Crippen molar-refractivity contribution in [3.8, 4) is 0 Å². The number of nitrogen functional groups attached to an aromatic ring is 3. The number of nitrogens with zero attached hydrogens (tertiary/aromatic N) is 2. The van der Waals surface area contributed by atoms with Gasteiger partial charge in [0.1, 0.15) is 22.6 Å². The van der Waals surface area contributed by atoms with Crippen molar-refractivity contribution in [1.29, 1.82) is 0 Å². The predicted octanol–water partition coefficient (Wildman–Crippen LogP) is 1.56. The molecule has 2 heterocycles. The van der Waals surface area contributed by atoms with Gasteiger partial charge in [-0.05, 0) is 24.3 Å². The Morgan fingerprint density at radius 1 is 0.750 bits per heavy atom. The van der Waals surface area contributed by atoms with Gasteiger partial charge in [0, 0.05) is 0 Å². The van der Waals surface area contributed by atoms with Crippen molar-refractivity contribution >= 4 is 29.1 Å². The van der Waals surface area contributed by atoms with Crippen molar-refractivity contribution in [1.82, 2.24) is 9.97 Å². The van der Waals surface area contributed by atoms with Gasteiger partial charge in [0.15, 0.2) is 0 Å². The number of hydrogen-bond acceptors (Lipinski definition) is 5. The molecule has 84 valence electrons. The minimum atomic E-state index is 0.435. The maximum absolute atomic E-state index is 5.45. The van der Waals surface area contributed by atoms with Crippen molar-refractivity contribution in [2.45, 2.75) is 0 Å². The van der Waals surface area contributed by atoms with Crippen LogP contribution in [-0.2, 0) is 0 Å². The van der Waals surface area contributed by atoms with Gasteiger partial charge >= 0.3 is 0 Å². The van der Waals surface area contributed by atoms with E-state index in [1.54, 1.807) is 36.4 Å². The Bertz CT molecular complexity index is 382. The molecule has 2 rings (SSSR count). The largest absolute Gasteiger partial charge is 0.384 e. The molecular formula is C10H12ClN5. The van der Waals surface area contributed by atoms with Crippen molar-refractivity contribution in [3.05, 3.63) is 41.6 Å². The van der Waals surface area contributed by atoms with Crippen LogP contribution in [0, 0.1) is 0 Å². The number of aromatic nitrogens is 2. The Morgan fingerprint density at radius 2 is 1.19 bits per heavy atom. The van der Waals surface area contributed by atoms with Gasteiger partial charge in [0.25, 0.3) is 0 Å². The number of hydrogen-bond donors (Lipinski definition) is 3. The zero-order valence-corrected chi connectivity index (χ0v) is 9.22. The van der Waals surface area contributed by atoms with Gasteiger partial charge in [-0.1, -0.05) is 23.7 Å². The SMILES string of the molecule is Nc1cccc(Cl)n1.Nc1cccc(N)n1. The van der Waals surface area contributed by atoms with E-state index in [1.807, 2.05) is 0 Å². The number of halogens is 1. The zero-order valence-electron chi connectivity index (χ0n) is 8.47. The molecule has 2 aromatic rings. The molecule has 0 saturated heterocycles. The minimum absolute atomic E-state index is 0.435. The normalized spacial score (nSPS) is 9.06. The van der Waals surface area contributed by atoms with Crippen molar-refractivity contribution in [2.75, 3.05) is 17.2 Å². The standard InChI is InChI=1S/C5H5ClN2.C5H7N3/c2*6-4-2-1-3-5(7)8-4/h1-3H,(H2,7,8);1-3H,(H4,6,7,8). The van der Waals surface area contributed by atoms with Crippen LogP contribution in [0.4, 0.5) is 17.5 Å². The third kappa shape index (κ3) is 4.47. The Labute approximate surface area is 98.3 Å². The first kappa shape index (κ1) is 12.1.